The van der Waals surface area contributed by atoms with Crippen LogP contribution in [0, 0.1) is 0 Å². The van der Waals surface area contributed by atoms with E-state index in [1.54, 1.807) is 0 Å². The summed E-state index contributed by atoms with van der Waals surface area (Å²) in [5.41, 5.74) is 7.42. The lowest BCUT2D eigenvalue weighted by molar-refractivity contribution is 0.315. The lowest BCUT2D eigenvalue weighted by Gasteiger charge is -2.42. The Balaban J connectivity index is 2.05. The molecule has 1 spiro atoms. The largest absolute Gasteiger partial charge is 0.330 e. The molecule has 74 valence electrons. The highest BCUT2D eigenvalue weighted by Crippen LogP contribution is 2.61. The van der Waals surface area contributed by atoms with E-state index in [-0.39, 0.29) is 0 Å². The Bertz CT molecular complexity index is 357. The summed E-state index contributed by atoms with van der Waals surface area (Å²) in [5, 5.41) is 0. The molecule has 2 aliphatic rings. The minimum Gasteiger partial charge on any atom is -0.330 e. The van der Waals surface area contributed by atoms with Gasteiger partial charge in [0.15, 0.2) is 0 Å². The topological polar surface area (TPSA) is 26.0 Å². The molecule has 1 aromatic carbocycles. The van der Waals surface area contributed by atoms with Gasteiger partial charge in [-0.1, -0.05) is 24.6 Å². The number of rotatable bonds is 1. The van der Waals surface area contributed by atoms with Gasteiger partial charge in [-0.15, -0.1) is 11.8 Å². The van der Waals surface area contributed by atoms with Crippen LogP contribution in [0.1, 0.15) is 30.7 Å². The molecule has 0 aromatic heterocycles. The number of fused-ring (bicyclic) bond motifs is 1. The zero-order valence-electron chi connectivity index (χ0n) is 8.20. The minimum atomic E-state index is 0.485. The maximum Gasteiger partial charge on any atom is 0.0288 e. The molecule has 1 atom stereocenters. The van der Waals surface area contributed by atoms with Crippen LogP contribution in [0.25, 0.3) is 0 Å². The third-order valence-corrected chi connectivity index (χ3v) is 5.37. The van der Waals surface area contributed by atoms with Crippen LogP contribution in [0.15, 0.2) is 29.2 Å². The summed E-state index contributed by atoms with van der Waals surface area (Å²) in [5.74, 6) is 0.609. The lowest BCUT2D eigenvalue weighted by atomic mass is 9.72. The normalized spacial score (nSPS) is 27.4. The fourth-order valence-electron chi connectivity index (χ4n) is 2.75. The van der Waals surface area contributed by atoms with Gasteiger partial charge in [-0.2, -0.15) is 0 Å². The van der Waals surface area contributed by atoms with E-state index >= 15 is 0 Å². The predicted octanol–water partition coefficient (Wildman–Crippen LogP) is 2.76. The van der Waals surface area contributed by atoms with Crippen LogP contribution in [-0.4, -0.2) is 11.3 Å². The van der Waals surface area contributed by atoms with Crippen molar-refractivity contribution in [3.63, 3.8) is 0 Å². The molecule has 0 amide bonds. The van der Waals surface area contributed by atoms with Crippen molar-refractivity contribution in [2.75, 3.05) is 6.54 Å². The van der Waals surface area contributed by atoms with Crippen molar-refractivity contribution in [2.45, 2.75) is 34.8 Å². The fraction of sp³-hybridized carbons (Fsp3) is 0.500. The number of benzene rings is 1. The molecule has 1 aromatic rings. The first-order valence-corrected chi connectivity index (χ1v) is 6.15. The van der Waals surface area contributed by atoms with Crippen LogP contribution in [0.3, 0.4) is 0 Å². The molecule has 2 heteroatoms. The maximum absolute atomic E-state index is 5.92. The Hall–Kier alpha value is -0.470. The molecular formula is C12H15NS. The first-order valence-electron chi connectivity index (χ1n) is 5.34. The summed E-state index contributed by atoms with van der Waals surface area (Å²) in [6, 6.07) is 8.78. The van der Waals surface area contributed by atoms with E-state index in [0.717, 1.165) is 6.54 Å². The molecular weight excluding hydrogens is 190 g/mol. The van der Waals surface area contributed by atoms with Gasteiger partial charge in [0.2, 0.25) is 0 Å². The second-order valence-electron chi connectivity index (χ2n) is 4.35. The molecule has 0 radical (unpaired) electrons. The first-order chi connectivity index (χ1) is 6.86. The van der Waals surface area contributed by atoms with Gasteiger partial charge in [0.05, 0.1) is 0 Å². The molecule has 1 saturated carbocycles. The van der Waals surface area contributed by atoms with Crippen LogP contribution < -0.4 is 5.73 Å². The molecule has 1 unspecified atom stereocenters. The van der Waals surface area contributed by atoms with Crippen LogP contribution in [0.2, 0.25) is 0 Å². The third-order valence-electron chi connectivity index (χ3n) is 3.68. The molecule has 1 nitrogen and oxygen atoms in total. The van der Waals surface area contributed by atoms with Crippen molar-refractivity contribution in [1.82, 2.24) is 0 Å². The average molecular weight is 205 g/mol. The Morgan fingerprint density at radius 3 is 2.79 bits per heavy atom. The zero-order chi connectivity index (χ0) is 9.60. The maximum atomic E-state index is 5.92. The van der Waals surface area contributed by atoms with E-state index in [9.17, 15) is 0 Å². The Kier molecular flexibility index (Phi) is 1.89. The molecule has 1 aliphatic carbocycles. The van der Waals surface area contributed by atoms with E-state index in [2.05, 4.69) is 36.0 Å². The molecule has 1 fully saturated rings. The summed E-state index contributed by atoms with van der Waals surface area (Å²) in [7, 11) is 0. The molecule has 2 N–H and O–H groups in total. The lowest BCUT2D eigenvalue weighted by Crippen LogP contribution is -2.40. The molecule has 1 aliphatic heterocycles. The van der Waals surface area contributed by atoms with E-state index < -0.39 is 0 Å². The average Bonchev–Trinajstić information content (AvgIpc) is 2.51. The minimum absolute atomic E-state index is 0.485. The van der Waals surface area contributed by atoms with Crippen LogP contribution >= 0.6 is 11.8 Å². The number of nitrogens with two attached hydrogens (primary N) is 1. The summed E-state index contributed by atoms with van der Waals surface area (Å²) < 4.78 is 0.485. The van der Waals surface area contributed by atoms with Crippen LogP contribution in [0.4, 0.5) is 0 Å². The van der Waals surface area contributed by atoms with Crippen molar-refractivity contribution >= 4 is 11.8 Å². The number of hydrogen-bond acceptors (Lipinski definition) is 2. The van der Waals surface area contributed by atoms with E-state index in [1.165, 1.54) is 29.7 Å². The number of thioether (sulfide) groups is 1. The second kappa shape index (κ2) is 3.01. The highest BCUT2D eigenvalue weighted by molar-refractivity contribution is 8.01. The Labute approximate surface area is 89.1 Å². The smallest absolute Gasteiger partial charge is 0.0288 e. The van der Waals surface area contributed by atoms with Gasteiger partial charge < -0.3 is 5.73 Å². The van der Waals surface area contributed by atoms with Crippen molar-refractivity contribution < 1.29 is 0 Å². The Morgan fingerprint density at radius 2 is 2.14 bits per heavy atom. The van der Waals surface area contributed by atoms with Gasteiger partial charge in [-0.05, 0) is 24.5 Å². The quantitative estimate of drug-likeness (QED) is 0.763. The highest BCUT2D eigenvalue weighted by atomic mass is 32.2. The van der Waals surface area contributed by atoms with Crippen LogP contribution in [0.5, 0.6) is 0 Å². The van der Waals surface area contributed by atoms with Gasteiger partial charge in [0.1, 0.15) is 0 Å². The Morgan fingerprint density at radius 1 is 1.36 bits per heavy atom. The van der Waals surface area contributed by atoms with E-state index in [4.69, 9.17) is 5.73 Å². The molecule has 0 bridgehead atoms. The SMILES string of the molecule is NCC1c2ccccc2SC12CCC2. The predicted molar refractivity (Wildman–Crippen MR) is 60.7 cm³/mol. The van der Waals surface area contributed by atoms with Gasteiger partial charge in [0.25, 0.3) is 0 Å². The van der Waals surface area contributed by atoms with Crippen molar-refractivity contribution in [3.8, 4) is 0 Å². The van der Waals surface area contributed by atoms with Crippen molar-refractivity contribution in [3.05, 3.63) is 29.8 Å². The molecule has 1 heterocycles. The first kappa shape index (κ1) is 8.81. The standard InChI is InChI=1S/C12H15NS/c13-8-10-9-4-1-2-5-11(9)14-12(10)6-3-7-12/h1-2,4-5,10H,3,6-8,13H2. The van der Waals surface area contributed by atoms with E-state index in [0.29, 0.717) is 10.7 Å². The number of hydrogen-bond donors (Lipinski definition) is 1. The highest BCUT2D eigenvalue weighted by Gasteiger charge is 2.49. The van der Waals surface area contributed by atoms with Crippen molar-refractivity contribution in [2.24, 2.45) is 5.73 Å². The molecule has 3 rings (SSSR count). The van der Waals surface area contributed by atoms with Gasteiger partial charge in [0, 0.05) is 22.1 Å². The zero-order valence-corrected chi connectivity index (χ0v) is 9.02. The summed E-state index contributed by atoms with van der Waals surface area (Å²) in [6.45, 7) is 0.810. The van der Waals surface area contributed by atoms with Gasteiger partial charge in [-0.25, -0.2) is 0 Å². The monoisotopic (exact) mass is 205 g/mol. The fourth-order valence-corrected chi connectivity index (χ4v) is 4.52. The molecule has 14 heavy (non-hydrogen) atoms. The van der Waals surface area contributed by atoms with E-state index in [1.807, 2.05) is 0 Å². The summed E-state index contributed by atoms with van der Waals surface area (Å²) >= 11 is 2.08. The second-order valence-corrected chi connectivity index (χ2v) is 5.80. The molecule has 0 saturated heterocycles. The third kappa shape index (κ3) is 1.01. The summed E-state index contributed by atoms with van der Waals surface area (Å²) in [4.78, 5) is 1.47. The van der Waals surface area contributed by atoms with Crippen LogP contribution in [-0.2, 0) is 0 Å². The van der Waals surface area contributed by atoms with Gasteiger partial charge >= 0.3 is 0 Å². The van der Waals surface area contributed by atoms with Gasteiger partial charge in [-0.3, -0.25) is 0 Å². The summed E-state index contributed by atoms with van der Waals surface area (Å²) in [6.07, 6.45) is 4.10. The van der Waals surface area contributed by atoms with Crippen molar-refractivity contribution in [1.29, 1.82) is 0 Å².